The van der Waals surface area contributed by atoms with Crippen molar-refractivity contribution >= 4 is 17.8 Å². The van der Waals surface area contributed by atoms with Gasteiger partial charge in [0.15, 0.2) is 0 Å². The van der Waals surface area contributed by atoms with E-state index in [0.717, 1.165) is 25.0 Å². The van der Waals surface area contributed by atoms with Crippen molar-refractivity contribution in [2.24, 2.45) is 7.05 Å². The summed E-state index contributed by atoms with van der Waals surface area (Å²) in [6.07, 6.45) is 4.89. The van der Waals surface area contributed by atoms with Gasteiger partial charge in [-0.2, -0.15) is 0 Å². The number of hydrogen-bond donors (Lipinski definition) is 0. The molecule has 0 atom stereocenters. The van der Waals surface area contributed by atoms with E-state index in [1.807, 2.05) is 41.8 Å². The number of amides is 2. The molecule has 1 aromatic heterocycles. The number of aromatic nitrogens is 1. The zero-order valence-corrected chi connectivity index (χ0v) is 16.6. The Balaban J connectivity index is 1.96. The van der Waals surface area contributed by atoms with Crippen molar-refractivity contribution in [2.45, 2.75) is 58.5 Å². The summed E-state index contributed by atoms with van der Waals surface area (Å²) in [5, 5.41) is 0. The van der Waals surface area contributed by atoms with Crippen LogP contribution in [0.2, 0.25) is 0 Å². The quantitative estimate of drug-likeness (QED) is 0.554. The maximum atomic E-state index is 12.9. The number of nitrogens with zero attached hydrogens (tertiary/aromatic N) is 3. The van der Waals surface area contributed by atoms with Crippen LogP contribution >= 0.6 is 0 Å². The summed E-state index contributed by atoms with van der Waals surface area (Å²) < 4.78 is 6.88. The van der Waals surface area contributed by atoms with Crippen LogP contribution < -0.4 is 0 Å². The molecular weight excluding hydrogens is 346 g/mol. The molecule has 0 aromatic carbocycles. The lowest BCUT2D eigenvalue weighted by atomic mass is 10.2. The van der Waals surface area contributed by atoms with Gasteiger partial charge in [-0.15, -0.1) is 0 Å². The van der Waals surface area contributed by atoms with E-state index in [4.69, 9.17) is 4.74 Å². The molecule has 1 fully saturated rings. The summed E-state index contributed by atoms with van der Waals surface area (Å²) in [6.45, 7) is 5.15. The minimum absolute atomic E-state index is 0.0309. The van der Waals surface area contributed by atoms with E-state index in [1.165, 1.54) is 0 Å². The first-order chi connectivity index (χ1) is 13.0. The first kappa shape index (κ1) is 21.0. The number of rotatable bonds is 11. The van der Waals surface area contributed by atoms with Crippen LogP contribution in [0.15, 0.2) is 18.3 Å². The third-order valence-corrected chi connectivity index (χ3v) is 4.71. The van der Waals surface area contributed by atoms with Crippen molar-refractivity contribution in [1.29, 1.82) is 0 Å². The zero-order chi connectivity index (χ0) is 19.8. The second-order valence-corrected chi connectivity index (χ2v) is 6.98. The fraction of sp³-hybridized carbons (Fsp3) is 0.650. The van der Waals surface area contributed by atoms with Gasteiger partial charge in [0.1, 0.15) is 0 Å². The summed E-state index contributed by atoms with van der Waals surface area (Å²) in [5.41, 5.74) is 1.07. The highest BCUT2D eigenvalue weighted by Crippen LogP contribution is 2.28. The van der Waals surface area contributed by atoms with Crippen molar-refractivity contribution in [3.05, 3.63) is 24.0 Å². The maximum Gasteiger partial charge on any atom is 0.306 e. The Kier molecular flexibility index (Phi) is 7.88. The summed E-state index contributed by atoms with van der Waals surface area (Å²) in [6, 6.07) is 4.25. The lowest BCUT2D eigenvalue weighted by Crippen LogP contribution is -2.44. The Morgan fingerprint density at radius 2 is 1.93 bits per heavy atom. The fourth-order valence-electron chi connectivity index (χ4n) is 3.06. The SMILES string of the molecule is CCCN(CC(=O)N(Cc1cccn1C)C1CC1)C(=O)CCC(=O)OCC. The van der Waals surface area contributed by atoms with Crippen molar-refractivity contribution in [3.63, 3.8) is 0 Å². The summed E-state index contributed by atoms with van der Waals surface area (Å²) in [7, 11) is 1.97. The number of carbonyl (C=O) groups is 3. The van der Waals surface area contributed by atoms with Gasteiger partial charge in [-0.1, -0.05) is 6.92 Å². The third kappa shape index (κ3) is 6.41. The van der Waals surface area contributed by atoms with E-state index in [-0.39, 0.29) is 43.2 Å². The smallest absolute Gasteiger partial charge is 0.306 e. The molecule has 7 heteroatoms. The molecule has 0 saturated heterocycles. The molecule has 150 valence electrons. The molecule has 0 bridgehead atoms. The first-order valence-electron chi connectivity index (χ1n) is 9.79. The van der Waals surface area contributed by atoms with Crippen LogP contribution in [0.25, 0.3) is 0 Å². The van der Waals surface area contributed by atoms with Crippen LogP contribution in [0.3, 0.4) is 0 Å². The van der Waals surface area contributed by atoms with E-state index in [1.54, 1.807) is 11.8 Å². The first-order valence-corrected chi connectivity index (χ1v) is 9.79. The minimum Gasteiger partial charge on any atom is -0.466 e. The molecule has 1 saturated carbocycles. The van der Waals surface area contributed by atoms with Crippen LogP contribution in [0, 0.1) is 0 Å². The van der Waals surface area contributed by atoms with Crippen molar-refractivity contribution < 1.29 is 19.1 Å². The fourth-order valence-corrected chi connectivity index (χ4v) is 3.06. The highest BCUT2D eigenvalue weighted by Gasteiger charge is 2.34. The Hall–Kier alpha value is -2.31. The number of carbonyl (C=O) groups excluding carboxylic acids is 3. The summed E-state index contributed by atoms with van der Waals surface area (Å²) in [4.78, 5) is 40.4. The molecule has 2 rings (SSSR count). The molecule has 27 heavy (non-hydrogen) atoms. The second kappa shape index (κ2) is 10.1. The number of hydrogen-bond acceptors (Lipinski definition) is 4. The van der Waals surface area contributed by atoms with Crippen LogP contribution in [-0.4, -0.2) is 57.9 Å². The normalized spacial score (nSPS) is 13.3. The van der Waals surface area contributed by atoms with Gasteiger partial charge < -0.3 is 19.1 Å². The predicted octanol–water partition coefficient (Wildman–Crippen LogP) is 2.10. The minimum atomic E-state index is -0.378. The highest BCUT2D eigenvalue weighted by molar-refractivity contribution is 5.86. The van der Waals surface area contributed by atoms with Crippen LogP contribution in [0.4, 0.5) is 0 Å². The lowest BCUT2D eigenvalue weighted by Gasteiger charge is -2.28. The molecule has 1 heterocycles. The van der Waals surface area contributed by atoms with Gasteiger partial charge in [0.05, 0.1) is 26.1 Å². The molecule has 7 nitrogen and oxygen atoms in total. The van der Waals surface area contributed by atoms with E-state index in [9.17, 15) is 14.4 Å². The topological polar surface area (TPSA) is 71.9 Å². The van der Waals surface area contributed by atoms with E-state index >= 15 is 0 Å². The maximum absolute atomic E-state index is 12.9. The summed E-state index contributed by atoms with van der Waals surface area (Å²) >= 11 is 0. The second-order valence-electron chi connectivity index (χ2n) is 6.98. The monoisotopic (exact) mass is 377 g/mol. The van der Waals surface area contributed by atoms with Crippen molar-refractivity contribution in [3.8, 4) is 0 Å². The highest BCUT2D eigenvalue weighted by atomic mass is 16.5. The molecule has 0 unspecified atom stereocenters. The number of ether oxygens (including phenoxy) is 1. The molecule has 0 N–H and O–H groups in total. The van der Waals surface area contributed by atoms with Gasteiger partial charge in [-0.05, 0) is 38.3 Å². The Morgan fingerprint density at radius 1 is 1.19 bits per heavy atom. The molecule has 2 amide bonds. The average Bonchev–Trinajstić information content (AvgIpc) is 3.39. The largest absolute Gasteiger partial charge is 0.466 e. The van der Waals surface area contributed by atoms with Crippen molar-refractivity contribution in [2.75, 3.05) is 19.7 Å². The standard InChI is InChI=1S/C20H31N3O4/c1-4-12-22(18(24)10-11-20(26)27-5-2)15-19(25)23(16-8-9-16)14-17-7-6-13-21(17)3/h6-7,13,16H,4-5,8-12,14-15H2,1-3H3. The van der Waals surface area contributed by atoms with Crippen LogP contribution in [0.5, 0.6) is 0 Å². The van der Waals surface area contributed by atoms with Gasteiger partial charge >= 0.3 is 5.97 Å². The predicted molar refractivity (Wildman–Crippen MR) is 102 cm³/mol. The van der Waals surface area contributed by atoms with Gasteiger partial charge in [0.25, 0.3) is 0 Å². The van der Waals surface area contributed by atoms with E-state index in [2.05, 4.69) is 0 Å². The Morgan fingerprint density at radius 3 is 2.48 bits per heavy atom. The molecule has 0 radical (unpaired) electrons. The van der Waals surface area contributed by atoms with Crippen LogP contribution in [-0.2, 0) is 32.7 Å². The third-order valence-electron chi connectivity index (χ3n) is 4.71. The lowest BCUT2D eigenvalue weighted by molar-refractivity contribution is -0.146. The van der Waals surface area contributed by atoms with Gasteiger partial charge in [0.2, 0.25) is 11.8 Å². The molecule has 0 spiro atoms. The van der Waals surface area contributed by atoms with E-state index < -0.39 is 0 Å². The molecular formula is C20H31N3O4. The number of esters is 1. The molecule has 1 aliphatic rings. The average molecular weight is 377 g/mol. The number of aryl methyl sites for hydroxylation is 1. The van der Waals surface area contributed by atoms with E-state index in [0.29, 0.717) is 19.7 Å². The van der Waals surface area contributed by atoms with Crippen LogP contribution in [0.1, 0.15) is 51.6 Å². The van der Waals surface area contributed by atoms with Crippen molar-refractivity contribution in [1.82, 2.24) is 14.4 Å². The van der Waals surface area contributed by atoms with Gasteiger partial charge in [-0.3, -0.25) is 14.4 Å². The Bertz CT molecular complexity index is 651. The summed E-state index contributed by atoms with van der Waals surface area (Å²) in [5.74, 6) is -0.582. The molecule has 0 aliphatic heterocycles. The van der Waals surface area contributed by atoms with Gasteiger partial charge in [0, 0.05) is 37.9 Å². The van der Waals surface area contributed by atoms with Gasteiger partial charge in [-0.25, -0.2) is 0 Å². The molecule has 1 aliphatic carbocycles. The molecule has 1 aromatic rings. The Labute approximate surface area is 161 Å². The zero-order valence-electron chi connectivity index (χ0n) is 16.6.